The minimum absolute atomic E-state index is 0.349. The molecule has 180 valence electrons. The lowest BCUT2D eigenvalue weighted by Crippen LogP contribution is -2.12. The van der Waals surface area contributed by atoms with E-state index in [2.05, 4.69) is 6.07 Å². The summed E-state index contributed by atoms with van der Waals surface area (Å²) in [4.78, 5) is 14.5. The number of hydrogen-bond donors (Lipinski definition) is 1. The molecule has 0 bridgehead atoms. The molecule has 0 unspecified atom stereocenters. The van der Waals surface area contributed by atoms with Gasteiger partial charge in [-0.3, -0.25) is 5.41 Å². The number of allylic oxidation sites excluding steroid dienone is 7. The molecule has 0 spiro atoms. The summed E-state index contributed by atoms with van der Waals surface area (Å²) in [5.74, 6) is 2.37. The van der Waals surface area contributed by atoms with E-state index in [1.54, 1.807) is 7.11 Å². The van der Waals surface area contributed by atoms with Crippen LogP contribution in [0.3, 0.4) is 0 Å². The molecule has 37 heavy (non-hydrogen) atoms. The van der Waals surface area contributed by atoms with E-state index in [0.717, 1.165) is 33.4 Å². The van der Waals surface area contributed by atoms with Crippen molar-refractivity contribution in [2.45, 2.75) is 6.92 Å². The van der Waals surface area contributed by atoms with E-state index in [0.29, 0.717) is 28.9 Å². The molecule has 0 saturated carbocycles. The Kier molecular flexibility index (Phi) is 6.95. The van der Waals surface area contributed by atoms with Crippen molar-refractivity contribution >= 4 is 11.3 Å². The van der Waals surface area contributed by atoms with Crippen LogP contribution in [0.5, 0.6) is 0 Å². The first-order valence-corrected chi connectivity index (χ1v) is 12.0. The first-order chi connectivity index (χ1) is 18.2. The molecule has 0 aliphatic heterocycles. The van der Waals surface area contributed by atoms with Gasteiger partial charge >= 0.3 is 0 Å². The third kappa shape index (κ3) is 5.07. The number of nitrogens with one attached hydrogen (secondary N) is 1. The number of nitrogens with zero attached hydrogens (tertiary/aromatic N) is 3. The molecule has 1 aliphatic carbocycles. The summed E-state index contributed by atoms with van der Waals surface area (Å²) >= 11 is 0. The fourth-order valence-corrected chi connectivity index (χ4v) is 4.15. The maximum atomic E-state index is 8.66. The van der Waals surface area contributed by atoms with Crippen LogP contribution < -0.4 is 0 Å². The minimum atomic E-state index is 0.349. The van der Waals surface area contributed by atoms with Crippen molar-refractivity contribution in [2.24, 2.45) is 0 Å². The molecule has 1 aliphatic rings. The Balaban J connectivity index is 1.64. The van der Waals surface area contributed by atoms with Gasteiger partial charge in [0, 0.05) is 22.3 Å². The largest absolute Gasteiger partial charge is 0.494 e. The van der Waals surface area contributed by atoms with Crippen molar-refractivity contribution in [3.05, 3.63) is 132 Å². The Morgan fingerprint density at radius 1 is 0.676 bits per heavy atom. The summed E-state index contributed by atoms with van der Waals surface area (Å²) in [6, 6.07) is 28.0. The molecule has 0 amide bonds. The molecular weight excluding hydrogens is 456 g/mol. The van der Waals surface area contributed by atoms with Gasteiger partial charge in [-0.1, -0.05) is 97.1 Å². The molecule has 1 aromatic heterocycles. The van der Waals surface area contributed by atoms with Gasteiger partial charge in [0.05, 0.1) is 7.11 Å². The van der Waals surface area contributed by atoms with Gasteiger partial charge in [-0.2, -0.15) is 0 Å². The predicted octanol–water partition coefficient (Wildman–Crippen LogP) is 7.32. The first kappa shape index (κ1) is 23.8. The number of benzene rings is 3. The highest BCUT2D eigenvalue weighted by Crippen LogP contribution is 2.33. The third-order valence-corrected chi connectivity index (χ3v) is 6.01. The van der Waals surface area contributed by atoms with Crippen LogP contribution >= 0.6 is 0 Å². The third-order valence-electron chi connectivity index (χ3n) is 6.01. The van der Waals surface area contributed by atoms with Crippen LogP contribution in [0.15, 0.2) is 127 Å². The quantitative estimate of drug-likeness (QED) is 0.312. The predicted molar refractivity (Wildman–Crippen MR) is 150 cm³/mol. The molecule has 0 radical (unpaired) electrons. The average molecular weight is 483 g/mol. The number of methoxy groups -OCH3 is 1. The summed E-state index contributed by atoms with van der Waals surface area (Å²) in [5, 5.41) is 8.66. The maximum absolute atomic E-state index is 8.66. The zero-order chi connectivity index (χ0) is 25.6. The molecule has 0 atom stereocenters. The monoisotopic (exact) mass is 482 g/mol. The van der Waals surface area contributed by atoms with E-state index in [1.807, 2.05) is 116 Å². The number of hydrogen-bond acceptors (Lipinski definition) is 5. The van der Waals surface area contributed by atoms with Crippen LogP contribution in [-0.4, -0.2) is 27.8 Å². The van der Waals surface area contributed by atoms with Crippen molar-refractivity contribution < 1.29 is 4.74 Å². The highest BCUT2D eigenvalue weighted by atomic mass is 16.5. The normalized spacial score (nSPS) is 14.5. The highest BCUT2D eigenvalue weighted by molar-refractivity contribution is 6.21. The number of aromatic nitrogens is 3. The highest BCUT2D eigenvalue weighted by Gasteiger charge is 2.21. The van der Waals surface area contributed by atoms with Crippen LogP contribution in [0.2, 0.25) is 0 Å². The van der Waals surface area contributed by atoms with Gasteiger partial charge in [-0.15, -0.1) is 0 Å². The van der Waals surface area contributed by atoms with Crippen molar-refractivity contribution in [3.8, 4) is 34.2 Å². The van der Waals surface area contributed by atoms with Crippen LogP contribution in [-0.2, 0) is 4.74 Å². The van der Waals surface area contributed by atoms with Gasteiger partial charge in [0.25, 0.3) is 0 Å². The Hall–Kier alpha value is -4.90. The lowest BCUT2D eigenvalue weighted by Gasteiger charge is -2.19. The van der Waals surface area contributed by atoms with Gasteiger partial charge < -0.3 is 4.74 Å². The number of rotatable bonds is 6. The molecular formula is C32H26N4O. The Morgan fingerprint density at radius 2 is 1.22 bits per heavy atom. The Labute approximate surface area is 216 Å². The zero-order valence-electron chi connectivity index (χ0n) is 20.7. The van der Waals surface area contributed by atoms with E-state index >= 15 is 0 Å². The Morgan fingerprint density at radius 3 is 1.78 bits per heavy atom. The zero-order valence-corrected chi connectivity index (χ0v) is 20.7. The fourth-order valence-electron chi connectivity index (χ4n) is 4.15. The topological polar surface area (TPSA) is 71.8 Å². The van der Waals surface area contributed by atoms with Crippen molar-refractivity contribution in [3.63, 3.8) is 0 Å². The summed E-state index contributed by atoms with van der Waals surface area (Å²) in [6.45, 7) is 1.95. The Bertz CT molecular complexity index is 1510. The summed E-state index contributed by atoms with van der Waals surface area (Å²) in [6.07, 6.45) is 9.65. The molecule has 5 heteroatoms. The van der Waals surface area contributed by atoms with E-state index in [9.17, 15) is 0 Å². The average Bonchev–Trinajstić information content (AvgIpc) is 2.97. The lowest BCUT2D eigenvalue weighted by atomic mass is 9.88. The molecule has 4 aromatic rings. The standard InChI is InChI=1S/C32H26N4O/c1-3-4-18-27-26(19-20-28(37-2)29(27)33)24-16-11-17-25(21-24)32-35-30(22-12-7-5-8-13-22)34-31(36-32)23-14-9-6-10-15-23/h3-21,33H,1-2H3/b4-3-,27-18-,33-29?. The maximum Gasteiger partial charge on any atom is 0.164 e. The molecule has 3 aromatic carbocycles. The second kappa shape index (κ2) is 10.8. The smallest absolute Gasteiger partial charge is 0.164 e. The van der Waals surface area contributed by atoms with Crippen molar-refractivity contribution in [1.29, 1.82) is 5.41 Å². The molecule has 1 heterocycles. The van der Waals surface area contributed by atoms with Gasteiger partial charge in [-0.25, -0.2) is 15.0 Å². The molecule has 0 saturated heterocycles. The van der Waals surface area contributed by atoms with E-state index < -0.39 is 0 Å². The summed E-state index contributed by atoms with van der Waals surface area (Å²) < 4.78 is 5.40. The lowest BCUT2D eigenvalue weighted by molar-refractivity contribution is 0.314. The van der Waals surface area contributed by atoms with Crippen LogP contribution in [0, 0.1) is 5.41 Å². The molecule has 0 fully saturated rings. The van der Waals surface area contributed by atoms with Crippen LogP contribution in [0.25, 0.3) is 39.7 Å². The fraction of sp³-hybridized carbons (Fsp3) is 0.0625. The second-order valence-electron chi connectivity index (χ2n) is 8.42. The van der Waals surface area contributed by atoms with Gasteiger partial charge in [0.15, 0.2) is 17.5 Å². The second-order valence-corrected chi connectivity index (χ2v) is 8.42. The molecule has 5 rings (SSSR count). The molecule has 1 N–H and O–H groups in total. The van der Waals surface area contributed by atoms with E-state index in [1.165, 1.54) is 0 Å². The SMILES string of the molecule is C/C=C\C=C1/C(=N)C(OC)=CC=C1c1cccc(-c2nc(-c3ccccc3)nc(-c3ccccc3)n2)c1. The van der Waals surface area contributed by atoms with E-state index in [-0.39, 0.29) is 0 Å². The first-order valence-electron chi connectivity index (χ1n) is 12.0. The number of ether oxygens (including phenoxy) is 1. The van der Waals surface area contributed by atoms with Gasteiger partial charge in [0.1, 0.15) is 11.5 Å². The van der Waals surface area contributed by atoms with E-state index in [4.69, 9.17) is 25.1 Å². The minimum Gasteiger partial charge on any atom is -0.494 e. The molecule has 5 nitrogen and oxygen atoms in total. The summed E-state index contributed by atoms with van der Waals surface area (Å²) in [5.41, 5.74) is 5.77. The van der Waals surface area contributed by atoms with Crippen molar-refractivity contribution in [2.75, 3.05) is 7.11 Å². The van der Waals surface area contributed by atoms with Gasteiger partial charge in [0.2, 0.25) is 0 Å². The summed E-state index contributed by atoms with van der Waals surface area (Å²) in [7, 11) is 1.59. The van der Waals surface area contributed by atoms with Crippen LogP contribution in [0.1, 0.15) is 12.5 Å². The van der Waals surface area contributed by atoms with Crippen molar-refractivity contribution in [1.82, 2.24) is 15.0 Å². The van der Waals surface area contributed by atoms with Crippen LogP contribution in [0.4, 0.5) is 0 Å². The van der Waals surface area contributed by atoms with Gasteiger partial charge in [-0.05, 0) is 36.3 Å².